The predicted octanol–water partition coefficient (Wildman–Crippen LogP) is 7.83. The number of amides is 6. The molecule has 3 saturated heterocycles. The molecule has 4 aliphatic heterocycles. The molecule has 2 saturated carbocycles. The Bertz CT molecular complexity index is 2610. The van der Waals surface area contributed by atoms with Crippen molar-refractivity contribution in [3.05, 3.63) is 95.4 Å². The number of pyridine rings is 1. The van der Waals surface area contributed by atoms with E-state index >= 15 is 0 Å². The van der Waals surface area contributed by atoms with Gasteiger partial charge >= 0.3 is 0 Å². The molecule has 15 heteroatoms. The van der Waals surface area contributed by atoms with Crippen LogP contribution < -0.4 is 20.7 Å². The summed E-state index contributed by atoms with van der Waals surface area (Å²) in [6, 6.07) is 19.3. The topological polar surface area (TPSA) is 170 Å². The summed E-state index contributed by atoms with van der Waals surface area (Å²) >= 11 is 0. The lowest BCUT2D eigenvalue weighted by Crippen LogP contribution is -2.54. The van der Waals surface area contributed by atoms with E-state index in [1.807, 2.05) is 54.4 Å². The quantitative estimate of drug-likeness (QED) is 0.126. The number of halogens is 1. The molecule has 0 radical (unpaired) electrons. The highest BCUT2D eigenvalue weighted by molar-refractivity contribution is 6.23. The van der Waals surface area contributed by atoms with Gasteiger partial charge in [0, 0.05) is 79.2 Å². The first kappa shape index (κ1) is 46.5. The first-order chi connectivity index (χ1) is 33.4. The highest BCUT2D eigenvalue weighted by Crippen LogP contribution is 2.41. The highest BCUT2D eigenvalue weighted by Gasteiger charge is 2.45. The second-order valence-electron chi connectivity index (χ2n) is 20.3. The molecule has 362 valence electrons. The minimum Gasteiger partial charge on any atom is -0.490 e. The number of hydrogen-bond donors (Lipinski definition) is 3. The molecule has 69 heavy (non-hydrogen) atoms. The predicted molar refractivity (Wildman–Crippen MR) is 258 cm³/mol. The number of benzene rings is 3. The van der Waals surface area contributed by atoms with E-state index in [1.54, 1.807) is 24.3 Å². The van der Waals surface area contributed by atoms with Gasteiger partial charge in [-0.15, -0.1) is 0 Å². The van der Waals surface area contributed by atoms with Gasteiger partial charge in [0.1, 0.15) is 23.7 Å². The van der Waals surface area contributed by atoms with Gasteiger partial charge in [0.15, 0.2) is 0 Å². The first-order valence-corrected chi connectivity index (χ1v) is 25.2. The molecular weight excluding hydrogens is 878 g/mol. The van der Waals surface area contributed by atoms with E-state index < -0.39 is 29.7 Å². The second kappa shape index (κ2) is 20.0. The van der Waals surface area contributed by atoms with Crippen LogP contribution >= 0.6 is 0 Å². The number of anilines is 2. The van der Waals surface area contributed by atoms with Gasteiger partial charge in [-0.2, -0.15) is 0 Å². The molecule has 3 N–H and O–H groups in total. The lowest BCUT2D eigenvalue weighted by molar-refractivity contribution is -0.139. The average molecular weight is 940 g/mol. The van der Waals surface area contributed by atoms with Gasteiger partial charge < -0.3 is 25.2 Å². The van der Waals surface area contributed by atoms with E-state index in [0.29, 0.717) is 25.0 Å². The zero-order valence-electron chi connectivity index (χ0n) is 39.3. The molecule has 0 spiro atoms. The maximum atomic E-state index is 14.1. The first-order valence-electron chi connectivity index (χ1n) is 25.2. The van der Waals surface area contributed by atoms with Crippen LogP contribution in [-0.4, -0.2) is 106 Å². The van der Waals surface area contributed by atoms with Crippen LogP contribution in [0.3, 0.4) is 0 Å². The molecule has 14 nitrogen and oxygen atoms in total. The number of nitrogens with zero attached hydrogens (tertiary/aromatic N) is 4. The van der Waals surface area contributed by atoms with Crippen LogP contribution in [0.4, 0.5) is 15.8 Å². The molecule has 0 bridgehead atoms. The van der Waals surface area contributed by atoms with Gasteiger partial charge in [0.2, 0.25) is 23.6 Å². The minimum absolute atomic E-state index is 0.0155. The molecule has 2 atom stereocenters. The van der Waals surface area contributed by atoms with Gasteiger partial charge in [-0.25, -0.2) is 4.39 Å². The number of ether oxygens (including phenoxy) is 1. The smallest absolute Gasteiger partial charge is 0.262 e. The van der Waals surface area contributed by atoms with Crippen LogP contribution in [0.25, 0.3) is 10.9 Å². The van der Waals surface area contributed by atoms with Crippen LogP contribution in [0.1, 0.15) is 129 Å². The van der Waals surface area contributed by atoms with E-state index in [0.717, 1.165) is 129 Å². The highest BCUT2D eigenvalue weighted by atomic mass is 19.1. The second-order valence-corrected chi connectivity index (χ2v) is 20.3. The third-order valence-electron chi connectivity index (χ3n) is 16.2. The van der Waals surface area contributed by atoms with Crippen LogP contribution in [0, 0.1) is 23.6 Å². The van der Waals surface area contributed by atoms with E-state index in [1.165, 1.54) is 6.07 Å². The average Bonchev–Trinajstić information content (AvgIpc) is 3.61. The Morgan fingerprint density at radius 1 is 0.754 bits per heavy atom. The number of rotatable bonds is 11. The molecule has 6 aliphatic rings. The number of likely N-dealkylation sites (tertiary alicyclic amines) is 2. The van der Waals surface area contributed by atoms with Crippen LogP contribution in [0.2, 0.25) is 0 Å². The van der Waals surface area contributed by atoms with Crippen molar-refractivity contribution in [1.82, 2.24) is 25.0 Å². The molecule has 1 aromatic heterocycles. The largest absolute Gasteiger partial charge is 0.490 e. The van der Waals surface area contributed by atoms with Crippen molar-refractivity contribution < 1.29 is 37.9 Å². The van der Waals surface area contributed by atoms with E-state index in [2.05, 4.69) is 25.8 Å². The third kappa shape index (κ3) is 9.97. The summed E-state index contributed by atoms with van der Waals surface area (Å²) in [7, 11) is 0. The Balaban J connectivity index is 0.617. The van der Waals surface area contributed by atoms with Gasteiger partial charge in [0.05, 0.1) is 16.6 Å². The Labute approximate surface area is 402 Å². The third-order valence-corrected chi connectivity index (χ3v) is 16.2. The number of nitrogens with one attached hydrogen (secondary N) is 3. The van der Waals surface area contributed by atoms with Crippen molar-refractivity contribution in [2.45, 2.75) is 127 Å². The zero-order valence-corrected chi connectivity index (χ0v) is 39.3. The van der Waals surface area contributed by atoms with Crippen LogP contribution in [0.5, 0.6) is 5.75 Å². The summed E-state index contributed by atoms with van der Waals surface area (Å²) in [5.41, 5.74) is 4.02. The number of hydrogen-bond acceptors (Lipinski definition) is 10. The number of carbonyl (C=O) groups is 6. The maximum absolute atomic E-state index is 14.1. The van der Waals surface area contributed by atoms with Crippen molar-refractivity contribution in [3.63, 3.8) is 0 Å². The maximum Gasteiger partial charge on any atom is 0.262 e. The molecule has 1 unspecified atom stereocenters. The molecular formula is C54H62FN7O7. The zero-order chi connectivity index (χ0) is 47.8. The normalized spacial score (nSPS) is 25.6. The lowest BCUT2D eigenvalue weighted by atomic mass is 9.73. The summed E-state index contributed by atoms with van der Waals surface area (Å²) in [5, 5.41) is 9.82. The number of fused-ring (bicyclic) bond motifs is 2. The Hall–Kier alpha value is -6.22. The number of piperidine rings is 3. The van der Waals surface area contributed by atoms with Crippen LogP contribution in [0.15, 0.2) is 72.9 Å². The van der Waals surface area contributed by atoms with Crippen molar-refractivity contribution in [2.24, 2.45) is 17.8 Å². The Morgan fingerprint density at radius 2 is 1.46 bits per heavy atom. The Kier molecular flexibility index (Phi) is 13.5. The molecule has 2 aliphatic carbocycles. The van der Waals surface area contributed by atoms with Crippen molar-refractivity contribution in [3.8, 4) is 5.75 Å². The molecule has 6 amide bonds. The lowest BCUT2D eigenvalue weighted by Gasteiger charge is -2.42. The van der Waals surface area contributed by atoms with Gasteiger partial charge in [0.25, 0.3) is 11.8 Å². The van der Waals surface area contributed by atoms with Crippen molar-refractivity contribution in [2.75, 3.05) is 36.8 Å². The van der Waals surface area contributed by atoms with E-state index in [4.69, 9.17) is 4.74 Å². The molecule has 5 fully saturated rings. The summed E-state index contributed by atoms with van der Waals surface area (Å²) in [5.74, 6) is -0.736. The minimum atomic E-state index is -0.985. The van der Waals surface area contributed by atoms with Crippen molar-refractivity contribution in [1.29, 1.82) is 0 Å². The summed E-state index contributed by atoms with van der Waals surface area (Å²) in [6.45, 7) is 5.20. The number of carbonyl (C=O) groups excluding carboxylic acids is 6. The standard InChI is InChI=1S/C54H62FN7O7/c1-32(33-2-4-34(5-3-33)43-20-25-56-47-17-6-36(55)30-45(43)47)50(64)58-38-9-14-41(15-10-38)69-42-23-28-61(29-24-42)52(66)35-21-26-60(27-22-35)40-12-7-37(8-13-40)57-39-11-16-44-46(31-39)54(68)62(53(44)67)48-18-19-49(63)59-51(48)65/h6,9-11,14-17,20,25,30-35,37,40,42,48,57H,2-5,7-8,12-13,18-19,21-24,26-29H2,1H3,(H,58,64)(H,59,63,65)/t32-,33?,34?,37?,40?,48?/m1/s1. The molecule has 3 aromatic carbocycles. The number of aromatic nitrogens is 1. The van der Waals surface area contributed by atoms with Gasteiger partial charge in [-0.1, -0.05) is 6.92 Å². The fraction of sp³-hybridized carbons (Fsp3) is 0.500. The molecule has 5 heterocycles. The summed E-state index contributed by atoms with van der Waals surface area (Å²) < 4.78 is 20.4. The van der Waals surface area contributed by atoms with Crippen LogP contribution in [-0.2, 0) is 19.2 Å². The molecule has 4 aromatic rings. The number of imide groups is 2. The van der Waals surface area contributed by atoms with Gasteiger partial charge in [-0.3, -0.25) is 44.0 Å². The monoisotopic (exact) mass is 939 g/mol. The SMILES string of the molecule is C[C@@H](C(=O)Nc1ccc(OC2CCN(C(=O)C3CCN(C4CCC(Nc5ccc6c(c5)C(=O)N(C5CCC(=O)NC5=O)C6=O)CC4)CC3)CC2)cc1)C1CCC(c2ccnc3ccc(F)cc23)CC1. The fourth-order valence-electron chi connectivity index (χ4n) is 12.1. The summed E-state index contributed by atoms with van der Waals surface area (Å²) in [4.78, 5) is 87.6. The fourth-order valence-corrected chi connectivity index (χ4v) is 12.1. The van der Waals surface area contributed by atoms with E-state index in [9.17, 15) is 33.2 Å². The Morgan fingerprint density at radius 3 is 2.19 bits per heavy atom. The van der Waals surface area contributed by atoms with E-state index in [-0.39, 0.29) is 71.5 Å². The molecule has 10 rings (SSSR count). The van der Waals surface area contributed by atoms with Crippen molar-refractivity contribution >= 4 is 57.7 Å². The summed E-state index contributed by atoms with van der Waals surface area (Å²) in [6.07, 6.45) is 13.1. The van der Waals surface area contributed by atoms with Gasteiger partial charge in [-0.05, 0) is 168 Å².